The van der Waals surface area contributed by atoms with Crippen LogP contribution in [0.4, 0.5) is 17.3 Å². The second kappa shape index (κ2) is 6.62. The molecule has 0 fully saturated rings. The molecule has 116 valence electrons. The Bertz CT molecular complexity index is 830. The van der Waals surface area contributed by atoms with Crippen molar-refractivity contribution in [3.63, 3.8) is 0 Å². The van der Waals surface area contributed by atoms with Crippen LogP contribution in [0.3, 0.4) is 0 Å². The van der Waals surface area contributed by atoms with Crippen molar-refractivity contribution in [3.05, 3.63) is 64.5 Å². The number of halogens is 1. The molecule has 3 aromatic rings. The third-order valence-electron chi connectivity index (χ3n) is 3.03. The largest absolute Gasteiger partial charge is 0.360 e. The van der Waals surface area contributed by atoms with Gasteiger partial charge in [-0.1, -0.05) is 17.3 Å². The predicted octanol–water partition coefficient (Wildman–Crippen LogP) is 4.14. The fourth-order valence-corrected chi connectivity index (χ4v) is 2.30. The minimum absolute atomic E-state index is 0.293. The molecule has 0 saturated carbocycles. The lowest BCUT2D eigenvalue weighted by atomic mass is 10.2. The second-order valence-corrected chi connectivity index (χ2v) is 5.67. The summed E-state index contributed by atoms with van der Waals surface area (Å²) in [6, 6.07) is 12.8. The lowest BCUT2D eigenvalue weighted by Gasteiger charge is -2.08. The van der Waals surface area contributed by atoms with E-state index in [-0.39, 0.29) is 5.91 Å². The highest BCUT2D eigenvalue weighted by atomic mass is 79.9. The average molecular weight is 373 g/mol. The maximum absolute atomic E-state index is 12.1. The van der Waals surface area contributed by atoms with Crippen LogP contribution in [0.1, 0.15) is 16.1 Å². The highest BCUT2D eigenvalue weighted by molar-refractivity contribution is 9.10. The zero-order valence-corrected chi connectivity index (χ0v) is 13.8. The number of para-hydroxylation sites is 1. The molecule has 0 atom stereocenters. The number of amides is 1. The maximum atomic E-state index is 12.1. The molecule has 23 heavy (non-hydrogen) atoms. The molecule has 0 bridgehead atoms. The zero-order valence-electron chi connectivity index (χ0n) is 12.2. The molecule has 2 N–H and O–H groups in total. The number of nitrogens with one attached hydrogen (secondary N) is 2. The van der Waals surface area contributed by atoms with Crippen LogP contribution in [-0.4, -0.2) is 16.0 Å². The molecule has 7 heteroatoms. The quantitative estimate of drug-likeness (QED) is 0.719. The first-order valence-corrected chi connectivity index (χ1v) is 7.63. The van der Waals surface area contributed by atoms with Gasteiger partial charge < -0.3 is 15.2 Å². The van der Waals surface area contributed by atoms with Gasteiger partial charge in [0.1, 0.15) is 11.6 Å². The van der Waals surface area contributed by atoms with Gasteiger partial charge in [0.2, 0.25) is 0 Å². The Labute approximate surface area is 141 Å². The molecule has 2 aromatic heterocycles. The van der Waals surface area contributed by atoms with Crippen LogP contribution in [0, 0.1) is 6.92 Å². The van der Waals surface area contributed by atoms with Crippen LogP contribution >= 0.6 is 15.9 Å². The van der Waals surface area contributed by atoms with E-state index in [1.54, 1.807) is 25.1 Å². The van der Waals surface area contributed by atoms with Crippen molar-refractivity contribution in [1.82, 2.24) is 10.1 Å². The third kappa shape index (κ3) is 3.75. The van der Waals surface area contributed by atoms with E-state index in [0.29, 0.717) is 23.0 Å². The minimum atomic E-state index is -0.293. The molecular weight excluding hydrogens is 360 g/mol. The van der Waals surface area contributed by atoms with Gasteiger partial charge in [0.05, 0.1) is 11.3 Å². The Kier molecular flexibility index (Phi) is 4.38. The summed E-state index contributed by atoms with van der Waals surface area (Å²) in [5, 5.41) is 9.54. The van der Waals surface area contributed by atoms with Crippen LogP contribution in [-0.2, 0) is 0 Å². The molecule has 2 heterocycles. The monoisotopic (exact) mass is 372 g/mol. The fraction of sp³-hybridized carbons (Fsp3) is 0.0625. The molecule has 0 radical (unpaired) electrons. The Morgan fingerprint density at radius 1 is 1.17 bits per heavy atom. The van der Waals surface area contributed by atoms with Crippen LogP contribution < -0.4 is 10.6 Å². The number of carbonyl (C=O) groups is 1. The van der Waals surface area contributed by atoms with Crippen molar-refractivity contribution in [2.24, 2.45) is 0 Å². The van der Waals surface area contributed by atoms with Gasteiger partial charge in [-0.15, -0.1) is 0 Å². The first kappa shape index (κ1) is 15.2. The summed E-state index contributed by atoms with van der Waals surface area (Å²) in [7, 11) is 0. The van der Waals surface area contributed by atoms with Gasteiger partial charge in [-0.3, -0.25) is 4.79 Å². The number of hydrogen-bond acceptors (Lipinski definition) is 5. The van der Waals surface area contributed by atoms with E-state index >= 15 is 0 Å². The molecule has 0 unspecified atom stereocenters. The summed E-state index contributed by atoms with van der Waals surface area (Å²) in [4.78, 5) is 16.3. The number of benzene rings is 1. The summed E-state index contributed by atoms with van der Waals surface area (Å²) >= 11 is 3.46. The van der Waals surface area contributed by atoms with E-state index in [0.717, 1.165) is 10.2 Å². The molecule has 6 nitrogen and oxygen atoms in total. The van der Waals surface area contributed by atoms with E-state index in [2.05, 4.69) is 36.7 Å². The van der Waals surface area contributed by atoms with E-state index in [9.17, 15) is 4.79 Å². The summed E-state index contributed by atoms with van der Waals surface area (Å²) in [6.07, 6.45) is 1.50. The van der Waals surface area contributed by atoms with Gasteiger partial charge in [0, 0.05) is 16.7 Å². The molecule has 0 aliphatic rings. The summed E-state index contributed by atoms with van der Waals surface area (Å²) in [6.45, 7) is 1.76. The molecule has 3 rings (SSSR count). The van der Waals surface area contributed by atoms with Gasteiger partial charge in [0.25, 0.3) is 5.91 Å². The molecule has 0 spiro atoms. The van der Waals surface area contributed by atoms with E-state index in [1.807, 2.05) is 24.3 Å². The van der Waals surface area contributed by atoms with Crippen molar-refractivity contribution >= 4 is 39.2 Å². The van der Waals surface area contributed by atoms with Crippen LogP contribution in [0.15, 0.2) is 57.7 Å². The number of rotatable bonds is 4. The number of carbonyl (C=O) groups excluding carboxylic acids is 1. The van der Waals surface area contributed by atoms with Crippen molar-refractivity contribution in [2.45, 2.75) is 6.92 Å². The normalized spacial score (nSPS) is 10.3. The molecular formula is C16H13BrN4O2. The van der Waals surface area contributed by atoms with E-state index in [1.165, 1.54) is 6.20 Å². The van der Waals surface area contributed by atoms with Crippen molar-refractivity contribution in [1.29, 1.82) is 0 Å². The average Bonchev–Trinajstić information content (AvgIpc) is 2.95. The number of nitrogens with zero attached hydrogens (tertiary/aromatic N) is 2. The van der Waals surface area contributed by atoms with Gasteiger partial charge in [0.15, 0.2) is 5.82 Å². The number of hydrogen-bond donors (Lipinski definition) is 2. The van der Waals surface area contributed by atoms with Crippen LogP contribution in [0.2, 0.25) is 0 Å². The number of anilines is 3. The van der Waals surface area contributed by atoms with E-state index in [4.69, 9.17) is 4.52 Å². The van der Waals surface area contributed by atoms with Gasteiger partial charge in [-0.2, -0.15) is 0 Å². The Morgan fingerprint density at radius 3 is 2.65 bits per heavy atom. The van der Waals surface area contributed by atoms with Crippen LogP contribution in [0.25, 0.3) is 0 Å². The zero-order chi connectivity index (χ0) is 16.2. The van der Waals surface area contributed by atoms with Crippen molar-refractivity contribution in [2.75, 3.05) is 10.6 Å². The lowest BCUT2D eigenvalue weighted by Crippen LogP contribution is -2.12. The topological polar surface area (TPSA) is 80.0 Å². The molecule has 0 saturated heterocycles. The summed E-state index contributed by atoms with van der Waals surface area (Å²) in [5.74, 6) is 1.36. The van der Waals surface area contributed by atoms with E-state index < -0.39 is 0 Å². The second-order valence-electron chi connectivity index (χ2n) is 4.81. The fourth-order valence-electron chi connectivity index (χ4n) is 1.92. The minimum Gasteiger partial charge on any atom is -0.360 e. The summed E-state index contributed by atoms with van der Waals surface area (Å²) < 4.78 is 5.84. The smallest absolute Gasteiger partial charge is 0.258 e. The molecule has 0 aliphatic heterocycles. The highest BCUT2D eigenvalue weighted by Crippen LogP contribution is 2.24. The number of pyridine rings is 1. The number of aromatic nitrogens is 2. The predicted molar refractivity (Wildman–Crippen MR) is 90.9 cm³/mol. The molecule has 1 amide bonds. The SMILES string of the molecule is Cc1cc(NC(=O)c2ccc(Nc3ccccc3Br)nc2)no1. The number of aryl methyl sites for hydroxylation is 1. The third-order valence-corrected chi connectivity index (χ3v) is 3.72. The van der Waals surface area contributed by atoms with Gasteiger partial charge in [-0.25, -0.2) is 4.98 Å². The van der Waals surface area contributed by atoms with Gasteiger partial charge >= 0.3 is 0 Å². The summed E-state index contributed by atoms with van der Waals surface area (Å²) in [5.41, 5.74) is 1.33. The first-order chi connectivity index (χ1) is 11.1. The molecule has 1 aromatic carbocycles. The van der Waals surface area contributed by atoms with Crippen LogP contribution in [0.5, 0.6) is 0 Å². The first-order valence-electron chi connectivity index (χ1n) is 6.84. The maximum Gasteiger partial charge on any atom is 0.258 e. The Morgan fingerprint density at radius 2 is 2.00 bits per heavy atom. The van der Waals surface area contributed by atoms with Gasteiger partial charge in [-0.05, 0) is 47.1 Å². The Hall–Kier alpha value is -2.67. The van der Waals surface area contributed by atoms with Crippen molar-refractivity contribution in [3.8, 4) is 0 Å². The molecule has 0 aliphatic carbocycles. The Balaban J connectivity index is 1.69. The highest BCUT2D eigenvalue weighted by Gasteiger charge is 2.09. The standard InChI is InChI=1S/C16H13BrN4O2/c1-10-8-15(21-23-10)20-16(22)11-6-7-14(18-9-11)19-13-5-3-2-4-12(13)17/h2-9H,1H3,(H,18,19)(H,20,21,22). The van der Waals surface area contributed by atoms with Crippen molar-refractivity contribution < 1.29 is 9.32 Å². The lowest BCUT2D eigenvalue weighted by molar-refractivity contribution is 0.102.